The number of sulfonamides is 1. The molecular weight excluding hydrogens is 516 g/mol. The number of ether oxygens (including phenoxy) is 1. The lowest BCUT2D eigenvalue weighted by molar-refractivity contribution is 0.0510. The highest BCUT2D eigenvalue weighted by atomic mass is 35.5. The van der Waals surface area contributed by atoms with Crippen LogP contribution in [0.3, 0.4) is 0 Å². The Labute approximate surface area is 232 Å². The van der Waals surface area contributed by atoms with Gasteiger partial charge in [0.05, 0.1) is 11.8 Å². The van der Waals surface area contributed by atoms with E-state index < -0.39 is 21.7 Å². The second kappa shape index (κ2) is 22.8. The minimum absolute atomic E-state index is 0.0121. The molecule has 0 aliphatic rings. The maximum atomic E-state index is 12.2. The summed E-state index contributed by atoms with van der Waals surface area (Å²) in [5.41, 5.74) is -0.601. The quantitative estimate of drug-likeness (QED) is 0.0919. The van der Waals surface area contributed by atoms with E-state index in [1.165, 1.54) is 83.5 Å². The summed E-state index contributed by atoms with van der Waals surface area (Å²) >= 11 is 7.36. The molecule has 0 aliphatic heterocycles. The van der Waals surface area contributed by atoms with Crippen molar-refractivity contribution in [2.24, 2.45) is 0 Å². The maximum Gasteiger partial charge on any atom is 0.407 e. The molecule has 0 aromatic carbocycles. The summed E-state index contributed by atoms with van der Waals surface area (Å²) in [6.07, 6.45) is 18.6. The molecule has 36 heavy (non-hydrogen) atoms. The van der Waals surface area contributed by atoms with Gasteiger partial charge >= 0.3 is 6.09 Å². The van der Waals surface area contributed by atoms with Crippen LogP contribution in [-0.4, -0.2) is 55.8 Å². The van der Waals surface area contributed by atoms with Gasteiger partial charge in [0.15, 0.2) is 0 Å². The van der Waals surface area contributed by atoms with E-state index in [1.54, 1.807) is 32.5 Å². The molecule has 1 amide bonds. The van der Waals surface area contributed by atoms with E-state index in [9.17, 15) is 13.2 Å². The molecule has 2 N–H and O–H groups in total. The molecule has 1 atom stereocenters. The lowest BCUT2D eigenvalue weighted by Crippen LogP contribution is -2.47. The Bertz CT molecular complexity index is 628. The number of carbonyl (C=O) groups excluding carboxylic acids is 1. The van der Waals surface area contributed by atoms with Crippen LogP contribution in [0.5, 0.6) is 0 Å². The van der Waals surface area contributed by atoms with Crippen molar-refractivity contribution in [1.29, 1.82) is 0 Å². The zero-order valence-electron chi connectivity index (χ0n) is 23.5. The number of halogens is 1. The zero-order valence-corrected chi connectivity index (χ0v) is 25.9. The molecular formula is C27H55ClN2O4S2. The monoisotopic (exact) mass is 570 g/mol. The van der Waals surface area contributed by atoms with Gasteiger partial charge in [-0.3, -0.25) is 0 Å². The van der Waals surface area contributed by atoms with Gasteiger partial charge in [0.2, 0.25) is 10.0 Å². The second-order valence-corrected chi connectivity index (χ2v) is 14.2. The first-order valence-corrected chi connectivity index (χ1v) is 17.5. The van der Waals surface area contributed by atoms with E-state index in [4.69, 9.17) is 16.3 Å². The third kappa shape index (κ3) is 25.5. The fourth-order valence-corrected chi connectivity index (χ4v) is 6.27. The Balaban J connectivity index is 4.00. The van der Waals surface area contributed by atoms with E-state index in [-0.39, 0.29) is 18.3 Å². The highest BCUT2D eigenvalue weighted by molar-refractivity contribution is 7.99. The minimum Gasteiger partial charge on any atom is -0.444 e. The van der Waals surface area contributed by atoms with E-state index in [0.29, 0.717) is 18.1 Å². The number of alkyl carbamates (subject to hydrolysis) is 1. The molecule has 0 saturated heterocycles. The van der Waals surface area contributed by atoms with Crippen LogP contribution in [0.2, 0.25) is 0 Å². The molecule has 0 fully saturated rings. The van der Waals surface area contributed by atoms with Gasteiger partial charge < -0.3 is 10.1 Å². The fourth-order valence-electron chi connectivity index (χ4n) is 3.79. The maximum absolute atomic E-state index is 12.2. The Morgan fingerprint density at radius 2 is 1.36 bits per heavy atom. The van der Waals surface area contributed by atoms with Crippen LogP contribution in [-0.2, 0) is 14.8 Å². The molecule has 0 radical (unpaired) electrons. The first-order chi connectivity index (χ1) is 17.1. The van der Waals surface area contributed by atoms with Crippen molar-refractivity contribution < 1.29 is 17.9 Å². The summed E-state index contributed by atoms with van der Waals surface area (Å²) in [7, 11) is -3.41. The van der Waals surface area contributed by atoms with Crippen molar-refractivity contribution in [2.45, 2.75) is 136 Å². The number of amides is 1. The zero-order chi connectivity index (χ0) is 27.1. The molecule has 1 unspecified atom stereocenters. The lowest BCUT2D eigenvalue weighted by Gasteiger charge is -2.24. The second-order valence-electron chi connectivity index (χ2n) is 10.7. The largest absolute Gasteiger partial charge is 0.444 e. The van der Waals surface area contributed by atoms with Crippen LogP contribution in [0, 0.1) is 0 Å². The number of nitrogens with one attached hydrogen (secondary N) is 2. The van der Waals surface area contributed by atoms with Crippen molar-refractivity contribution in [3.05, 3.63) is 0 Å². The van der Waals surface area contributed by atoms with Gasteiger partial charge in [0.25, 0.3) is 0 Å². The first-order valence-electron chi connectivity index (χ1n) is 14.2. The molecule has 0 saturated carbocycles. The number of rotatable bonds is 24. The summed E-state index contributed by atoms with van der Waals surface area (Å²) in [6, 6.07) is -0.331. The molecule has 216 valence electrons. The molecule has 0 rings (SSSR count). The molecule has 0 bridgehead atoms. The predicted octanol–water partition coefficient (Wildman–Crippen LogP) is 7.64. The molecule has 0 aromatic rings. The van der Waals surface area contributed by atoms with Gasteiger partial charge in [-0.2, -0.15) is 11.8 Å². The summed E-state index contributed by atoms with van der Waals surface area (Å²) in [4.78, 5) is 12.2. The number of unbranched alkanes of at least 4 members (excludes halogenated alkanes) is 13. The third-order valence-electron chi connectivity index (χ3n) is 5.78. The van der Waals surface area contributed by atoms with Crippen LogP contribution in [0.1, 0.15) is 124 Å². The number of thioether (sulfide) groups is 1. The molecule has 0 heterocycles. The van der Waals surface area contributed by atoms with Gasteiger partial charge in [0, 0.05) is 18.2 Å². The standard InChI is InChI=1S/C27H55ClN2O4S2/c1-5-6-7-8-9-10-11-12-13-14-15-16-17-18-21-35-24-25(30-26(31)34-27(2,3)4)23-29-36(32,33)22-19-20-28/h25,29H,5-24H2,1-4H3,(H,30,31). The smallest absolute Gasteiger partial charge is 0.407 e. The minimum atomic E-state index is -3.41. The Morgan fingerprint density at radius 1 is 0.861 bits per heavy atom. The topological polar surface area (TPSA) is 84.5 Å². The highest BCUT2D eigenvalue weighted by Crippen LogP contribution is 2.15. The van der Waals surface area contributed by atoms with E-state index in [1.807, 2.05) is 0 Å². The van der Waals surface area contributed by atoms with Gasteiger partial charge in [-0.05, 0) is 39.4 Å². The van der Waals surface area contributed by atoms with Gasteiger partial charge in [-0.15, -0.1) is 11.6 Å². The number of hydrogen-bond donors (Lipinski definition) is 2. The van der Waals surface area contributed by atoms with Crippen molar-refractivity contribution in [2.75, 3.05) is 29.7 Å². The predicted molar refractivity (Wildman–Crippen MR) is 158 cm³/mol. The Morgan fingerprint density at radius 3 is 1.83 bits per heavy atom. The number of alkyl halides is 1. The molecule has 0 aliphatic carbocycles. The first kappa shape index (κ1) is 35.8. The summed E-state index contributed by atoms with van der Waals surface area (Å²) in [5.74, 6) is 1.93. The van der Waals surface area contributed by atoms with Crippen molar-refractivity contribution >= 4 is 39.5 Å². The average Bonchev–Trinajstić information content (AvgIpc) is 2.79. The number of hydrogen-bond acceptors (Lipinski definition) is 5. The van der Waals surface area contributed by atoms with E-state index >= 15 is 0 Å². The molecule has 9 heteroatoms. The van der Waals surface area contributed by atoms with Gasteiger partial charge in [0.1, 0.15) is 5.60 Å². The summed E-state index contributed by atoms with van der Waals surface area (Å²) < 4.78 is 32.2. The van der Waals surface area contributed by atoms with Gasteiger partial charge in [-0.25, -0.2) is 17.9 Å². The Hall–Kier alpha value is -0.180. The van der Waals surface area contributed by atoms with Crippen molar-refractivity contribution in [1.82, 2.24) is 10.0 Å². The van der Waals surface area contributed by atoms with Gasteiger partial charge in [-0.1, -0.05) is 90.4 Å². The van der Waals surface area contributed by atoms with Crippen molar-refractivity contribution in [3.63, 3.8) is 0 Å². The van der Waals surface area contributed by atoms with Crippen LogP contribution in [0.15, 0.2) is 0 Å². The van der Waals surface area contributed by atoms with Crippen LogP contribution in [0.4, 0.5) is 4.79 Å². The SMILES string of the molecule is CCCCCCCCCCCCCCCCSCC(CNS(=O)(=O)CCCCl)NC(=O)OC(C)(C)C. The van der Waals surface area contributed by atoms with Crippen LogP contribution < -0.4 is 10.0 Å². The van der Waals surface area contributed by atoms with Crippen LogP contribution in [0.25, 0.3) is 0 Å². The normalized spacial score (nSPS) is 13.0. The average molecular weight is 571 g/mol. The Kier molecular flexibility index (Phi) is 22.7. The third-order valence-corrected chi connectivity index (χ3v) is 8.69. The van der Waals surface area contributed by atoms with Crippen molar-refractivity contribution in [3.8, 4) is 0 Å². The summed E-state index contributed by atoms with van der Waals surface area (Å²) in [5, 5.41) is 2.82. The molecule has 0 aromatic heterocycles. The molecule has 6 nitrogen and oxygen atoms in total. The summed E-state index contributed by atoms with van der Waals surface area (Å²) in [6.45, 7) is 7.83. The van der Waals surface area contributed by atoms with Crippen LogP contribution >= 0.6 is 23.4 Å². The number of carbonyl (C=O) groups is 1. The van der Waals surface area contributed by atoms with E-state index in [0.717, 1.165) is 12.2 Å². The highest BCUT2D eigenvalue weighted by Gasteiger charge is 2.21. The van der Waals surface area contributed by atoms with E-state index in [2.05, 4.69) is 17.0 Å². The fraction of sp³-hybridized carbons (Fsp3) is 0.963. The molecule has 0 spiro atoms. The lowest BCUT2D eigenvalue weighted by atomic mass is 10.0.